The van der Waals surface area contributed by atoms with Crippen molar-refractivity contribution in [3.63, 3.8) is 0 Å². The first-order chi connectivity index (χ1) is 15.3. The quantitative estimate of drug-likeness (QED) is 0.365. The van der Waals surface area contributed by atoms with Crippen LogP contribution in [0.2, 0.25) is 5.02 Å². The van der Waals surface area contributed by atoms with Crippen molar-refractivity contribution in [3.8, 4) is 17.2 Å². The van der Waals surface area contributed by atoms with E-state index in [-0.39, 0.29) is 10.7 Å². The number of methoxy groups -OCH3 is 1. The van der Waals surface area contributed by atoms with Gasteiger partial charge in [-0.1, -0.05) is 23.7 Å². The van der Waals surface area contributed by atoms with E-state index in [1.54, 1.807) is 12.1 Å². The molecule has 2 N–H and O–H groups in total. The number of carbonyl (C=O) groups is 1. The van der Waals surface area contributed by atoms with Crippen LogP contribution in [0.25, 0.3) is 22.6 Å². The molecule has 0 bridgehead atoms. The van der Waals surface area contributed by atoms with Crippen molar-refractivity contribution in [2.24, 2.45) is 0 Å². The van der Waals surface area contributed by atoms with E-state index in [4.69, 9.17) is 33.0 Å². The molecule has 0 spiro atoms. The van der Waals surface area contributed by atoms with E-state index in [9.17, 15) is 4.79 Å². The van der Waals surface area contributed by atoms with Gasteiger partial charge in [0.1, 0.15) is 11.3 Å². The van der Waals surface area contributed by atoms with Crippen LogP contribution in [0.4, 0.5) is 5.69 Å². The number of thiocarbonyl (C=S) groups is 1. The number of benzene rings is 3. The smallest absolute Gasteiger partial charge is 0.261 e. The average Bonchev–Trinajstić information content (AvgIpc) is 3.18. The average molecular weight is 466 g/mol. The van der Waals surface area contributed by atoms with Gasteiger partial charge in [-0.2, -0.15) is 0 Å². The standard InChI is InChI=1S/C24H20ClN3O3S/c1-13-4-8-21-19(10-13)26-23(31-21)15-6-5-14(2)18(11-15)27-24(32)28-22(29)17-12-16(25)7-9-20(17)30-3/h4-12H,1-3H3,(H2,27,28,29,32). The molecule has 0 atom stereocenters. The predicted molar refractivity (Wildman–Crippen MR) is 131 cm³/mol. The van der Waals surface area contributed by atoms with Crippen molar-refractivity contribution in [3.05, 3.63) is 76.3 Å². The molecule has 162 valence electrons. The third kappa shape index (κ3) is 4.59. The molecular formula is C24H20ClN3O3S. The molecular weight excluding hydrogens is 446 g/mol. The number of ether oxygens (including phenoxy) is 1. The lowest BCUT2D eigenvalue weighted by molar-refractivity contribution is 0.0974. The molecule has 0 aliphatic carbocycles. The molecule has 4 rings (SSSR count). The Kier molecular flexibility index (Phi) is 6.12. The summed E-state index contributed by atoms with van der Waals surface area (Å²) in [4.78, 5) is 17.3. The van der Waals surface area contributed by atoms with Crippen LogP contribution in [-0.2, 0) is 0 Å². The number of aryl methyl sites for hydroxylation is 2. The largest absolute Gasteiger partial charge is 0.496 e. The normalized spacial score (nSPS) is 10.8. The van der Waals surface area contributed by atoms with Crippen LogP contribution >= 0.6 is 23.8 Å². The summed E-state index contributed by atoms with van der Waals surface area (Å²) in [5.41, 5.74) is 5.38. The van der Waals surface area contributed by atoms with Crippen LogP contribution in [0.15, 0.2) is 59.0 Å². The van der Waals surface area contributed by atoms with Crippen LogP contribution in [0.1, 0.15) is 21.5 Å². The molecule has 0 aliphatic heterocycles. The van der Waals surface area contributed by atoms with Gasteiger partial charge in [-0.3, -0.25) is 10.1 Å². The molecule has 0 saturated heterocycles. The summed E-state index contributed by atoms with van der Waals surface area (Å²) in [6.45, 7) is 3.95. The van der Waals surface area contributed by atoms with Crippen LogP contribution < -0.4 is 15.4 Å². The molecule has 32 heavy (non-hydrogen) atoms. The first kappa shape index (κ1) is 21.8. The van der Waals surface area contributed by atoms with Gasteiger partial charge in [0.2, 0.25) is 5.89 Å². The van der Waals surface area contributed by atoms with E-state index >= 15 is 0 Å². The van der Waals surface area contributed by atoms with Gasteiger partial charge >= 0.3 is 0 Å². The van der Waals surface area contributed by atoms with Crippen molar-refractivity contribution >= 4 is 51.6 Å². The number of anilines is 1. The number of oxazole rings is 1. The second-order valence-electron chi connectivity index (χ2n) is 7.27. The number of hydrogen-bond acceptors (Lipinski definition) is 5. The van der Waals surface area contributed by atoms with Gasteiger partial charge in [0.25, 0.3) is 5.91 Å². The van der Waals surface area contributed by atoms with Crippen molar-refractivity contribution in [1.82, 2.24) is 10.3 Å². The Bertz CT molecular complexity index is 1350. The second-order valence-corrected chi connectivity index (χ2v) is 8.12. The number of amides is 1. The summed E-state index contributed by atoms with van der Waals surface area (Å²) in [5.74, 6) is 0.483. The van der Waals surface area contributed by atoms with Gasteiger partial charge in [0, 0.05) is 16.3 Å². The van der Waals surface area contributed by atoms with Crippen molar-refractivity contribution < 1.29 is 13.9 Å². The van der Waals surface area contributed by atoms with E-state index in [0.29, 0.717) is 16.7 Å². The highest BCUT2D eigenvalue weighted by molar-refractivity contribution is 7.80. The van der Waals surface area contributed by atoms with E-state index in [2.05, 4.69) is 15.6 Å². The zero-order valence-electron chi connectivity index (χ0n) is 17.7. The van der Waals surface area contributed by atoms with Gasteiger partial charge < -0.3 is 14.5 Å². The minimum atomic E-state index is -0.426. The van der Waals surface area contributed by atoms with Crippen molar-refractivity contribution in [2.75, 3.05) is 12.4 Å². The number of fused-ring (bicyclic) bond motifs is 1. The molecule has 8 heteroatoms. The molecule has 3 aromatic carbocycles. The Morgan fingerprint density at radius 3 is 2.69 bits per heavy atom. The summed E-state index contributed by atoms with van der Waals surface area (Å²) in [6, 6.07) is 16.4. The number of nitrogens with zero attached hydrogens (tertiary/aromatic N) is 1. The maximum absolute atomic E-state index is 12.7. The Morgan fingerprint density at radius 2 is 1.91 bits per heavy atom. The molecule has 1 aromatic heterocycles. The van der Waals surface area contributed by atoms with Crippen LogP contribution in [0.5, 0.6) is 5.75 Å². The third-order valence-electron chi connectivity index (χ3n) is 4.91. The van der Waals surface area contributed by atoms with Gasteiger partial charge in [0.05, 0.1) is 12.7 Å². The van der Waals surface area contributed by atoms with Gasteiger partial charge in [-0.15, -0.1) is 0 Å². The van der Waals surface area contributed by atoms with E-state index in [1.807, 2.05) is 50.2 Å². The van der Waals surface area contributed by atoms with Gasteiger partial charge in [-0.05, 0) is 79.7 Å². The molecule has 0 aliphatic rings. The number of halogens is 1. The molecule has 1 heterocycles. The lowest BCUT2D eigenvalue weighted by Gasteiger charge is -2.14. The topological polar surface area (TPSA) is 76.4 Å². The Balaban J connectivity index is 1.54. The number of hydrogen-bond donors (Lipinski definition) is 2. The number of rotatable bonds is 4. The third-order valence-corrected chi connectivity index (χ3v) is 5.35. The van der Waals surface area contributed by atoms with Crippen LogP contribution in [0, 0.1) is 13.8 Å². The summed E-state index contributed by atoms with van der Waals surface area (Å²) in [7, 11) is 1.48. The fourth-order valence-electron chi connectivity index (χ4n) is 3.23. The second kappa shape index (κ2) is 8.98. The zero-order valence-corrected chi connectivity index (χ0v) is 19.2. The first-order valence-corrected chi connectivity index (χ1v) is 10.6. The van der Waals surface area contributed by atoms with Gasteiger partial charge in [0.15, 0.2) is 10.7 Å². The van der Waals surface area contributed by atoms with E-state index in [1.165, 1.54) is 13.2 Å². The summed E-state index contributed by atoms with van der Waals surface area (Å²) >= 11 is 11.4. The van der Waals surface area contributed by atoms with Crippen LogP contribution in [0.3, 0.4) is 0 Å². The SMILES string of the molecule is COc1ccc(Cl)cc1C(=O)NC(=S)Nc1cc(-c2nc3cc(C)ccc3o2)ccc1C. The number of aromatic nitrogens is 1. The number of carbonyl (C=O) groups excluding carboxylic acids is 1. The fraction of sp³-hybridized carbons (Fsp3) is 0.125. The molecule has 0 saturated carbocycles. The maximum atomic E-state index is 12.7. The lowest BCUT2D eigenvalue weighted by atomic mass is 10.1. The van der Waals surface area contributed by atoms with Crippen LogP contribution in [-0.4, -0.2) is 23.1 Å². The van der Waals surface area contributed by atoms with E-state index < -0.39 is 5.91 Å². The molecule has 0 fully saturated rings. The summed E-state index contributed by atoms with van der Waals surface area (Å²) < 4.78 is 11.1. The molecule has 6 nitrogen and oxygen atoms in total. The molecule has 1 amide bonds. The van der Waals surface area contributed by atoms with E-state index in [0.717, 1.165) is 33.5 Å². The molecule has 0 radical (unpaired) electrons. The molecule has 0 unspecified atom stereocenters. The minimum Gasteiger partial charge on any atom is -0.496 e. The summed E-state index contributed by atoms with van der Waals surface area (Å²) in [5, 5.41) is 6.30. The first-order valence-electron chi connectivity index (χ1n) is 9.78. The highest BCUT2D eigenvalue weighted by Crippen LogP contribution is 2.28. The highest BCUT2D eigenvalue weighted by atomic mass is 35.5. The Morgan fingerprint density at radius 1 is 1.09 bits per heavy atom. The fourth-order valence-corrected chi connectivity index (χ4v) is 3.61. The Labute approximate surface area is 195 Å². The van der Waals surface area contributed by atoms with Crippen molar-refractivity contribution in [1.29, 1.82) is 0 Å². The van der Waals surface area contributed by atoms with Crippen molar-refractivity contribution in [2.45, 2.75) is 13.8 Å². The zero-order chi connectivity index (χ0) is 22.8. The molecule has 4 aromatic rings. The monoisotopic (exact) mass is 465 g/mol. The number of nitrogens with one attached hydrogen (secondary N) is 2. The predicted octanol–water partition coefficient (Wildman–Crippen LogP) is 5.90. The Hall–Kier alpha value is -3.42. The summed E-state index contributed by atoms with van der Waals surface area (Å²) in [6.07, 6.45) is 0. The minimum absolute atomic E-state index is 0.144. The van der Waals surface area contributed by atoms with Gasteiger partial charge in [-0.25, -0.2) is 4.98 Å². The highest BCUT2D eigenvalue weighted by Gasteiger charge is 2.16. The maximum Gasteiger partial charge on any atom is 0.261 e. The lowest BCUT2D eigenvalue weighted by Crippen LogP contribution is -2.34.